The summed E-state index contributed by atoms with van der Waals surface area (Å²) in [4.78, 5) is 10.2. The number of hydrogen-bond acceptors (Lipinski definition) is 5. The molecule has 21 heavy (non-hydrogen) atoms. The molecule has 2 aromatic rings. The van der Waals surface area contributed by atoms with Crippen LogP contribution in [0.1, 0.15) is 5.56 Å². The molecule has 0 saturated heterocycles. The number of nitrogens with zero attached hydrogens (tertiary/aromatic N) is 1. The summed E-state index contributed by atoms with van der Waals surface area (Å²) >= 11 is 0. The van der Waals surface area contributed by atoms with E-state index in [4.69, 9.17) is 14.6 Å². The fraction of sp³-hybridized carbons (Fsp3) is 0.143. The Morgan fingerprint density at radius 2 is 2.05 bits per heavy atom. The van der Waals surface area contributed by atoms with Crippen molar-refractivity contribution in [1.29, 1.82) is 0 Å². The Hall–Kier alpha value is -2.67. The Morgan fingerprint density at radius 3 is 2.67 bits per heavy atom. The minimum atomic E-state index is -0.847. The lowest BCUT2D eigenvalue weighted by molar-refractivity contribution is -0.385. The third-order valence-corrected chi connectivity index (χ3v) is 2.74. The number of hydrogen-bond donors (Lipinski definition) is 1. The van der Waals surface area contributed by atoms with Crippen LogP contribution in [0.25, 0.3) is 0 Å². The highest BCUT2D eigenvalue weighted by atomic mass is 19.1. The molecule has 6 nitrogen and oxygen atoms in total. The SMILES string of the molecule is COc1cc(Oc2cccc(CO)c2)c([N+](=O)[O-])cc1F. The van der Waals surface area contributed by atoms with Crippen LogP contribution in [0.3, 0.4) is 0 Å². The molecule has 0 aliphatic carbocycles. The second-order valence-electron chi connectivity index (χ2n) is 4.12. The monoisotopic (exact) mass is 293 g/mol. The Bertz CT molecular complexity index is 674. The smallest absolute Gasteiger partial charge is 0.314 e. The predicted octanol–water partition coefficient (Wildman–Crippen LogP) is 3.03. The summed E-state index contributed by atoms with van der Waals surface area (Å²) in [5.74, 6) is -0.860. The van der Waals surface area contributed by atoms with Crippen molar-refractivity contribution in [1.82, 2.24) is 0 Å². The van der Waals surface area contributed by atoms with Crippen LogP contribution in [0, 0.1) is 15.9 Å². The van der Waals surface area contributed by atoms with Crippen molar-refractivity contribution < 1.29 is 23.9 Å². The maximum atomic E-state index is 13.5. The molecule has 0 radical (unpaired) electrons. The standard InChI is InChI=1S/C14H12FNO5/c1-20-13-7-14(12(16(18)19)6-11(13)15)21-10-4-2-3-9(5-10)8-17/h2-7,17H,8H2,1H3. The van der Waals surface area contributed by atoms with Gasteiger partial charge < -0.3 is 14.6 Å². The maximum Gasteiger partial charge on any atom is 0.314 e. The number of rotatable bonds is 5. The summed E-state index contributed by atoms with van der Waals surface area (Å²) in [6.07, 6.45) is 0. The molecule has 0 bridgehead atoms. The zero-order chi connectivity index (χ0) is 15.4. The largest absolute Gasteiger partial charge is 0.494 e. The number of ether oxygens (including phenoxy) is 2. The molecule has 0 heterocycles. The first-order valence-corrected chi connectivity index (χ1v) is 5.94. The van der Waals surface area contributed by atoms with Crippen LogP contribution in [0.2, 0.25) is 0 Å². The van der Waals surface area contributed by atoms with Gasteiger partial charge >= 0.3 is 5.69 Å². The van der Waals surface area contributed by atoms with E-state index in [2.05, 4.69) is 0 Å². The summed E-state index contributed by atoms with van der Waals surface area (Å²) in [6.45, 7) is -0.188. The second-order valence-corrected chi connectivity index (χ2v) is 4.12. The van der Waals surface area contributed by atoms with Crippen LogP contribution in [0.4, 0.5) is 10.1 Å². The van der Waals surface area contributed by atoms with Crippen LogP contribution in [0.5, 0.6) is 17.2 Å². The summed E-state index contributed by atoms with van der Waals surface area (Å²) in [5, 5.41) is 20.0. The first kappa shape index (κ1) is 14.7. The van der Waals surface area contributed by atoms with E-state index >= 15 is 0 Å². The molecule has 0 spiro atoms. The molecule has 0 atom stereocenters. The average molecular weight is 293 g/mol. The third-order valence-electron chi connectivity index (χ3n) is 2.74. The number of nitro benzene ring substituents is 1. The van der Waals surface area contributed by atoms with E-state index in [1.807, 2.05) is 0 Å². The first-order chi connectivity index (χ1) is 10.0. The normalized spacial score (nSPS) is 10.2. The van der Waals surface area contributed by atoms with Crippen LogP contribution in [-0.2, 0) is 6.61 Å². The highest BCUT2D eigenvalue weighted by Crippen LogP contribution is 2.36. The Balaban J connectivity index is 2.43. The molecule has 0 fully saturated rings. The van der Waals surface area contributed by atoms with Crippen LogP contribution in [-0.4, -0.2) is 17.1 Å². The van der Waals surface area contributed by atoms with Crippen LogP contribution >= 0.6 is 0 Å². The molecule has 110 valence electrons. The first-order valence-electron chi connectivity index (χ1n) is 5.94. The molecule has 0 aromatic heterocycles. The zero-order valence-corrected chi connectivity index (χ0v) is 11.1. The summed E-state index contributed by atoms with van der Waals surface area (Å²) < 4.78 is 23.7. The van der Waals surface area contributed by atoms with E-state index in [0.29, 0.717) is 11.3 Å². The fourth-order valence-electron chi connectivity index (χ4n) is 1.74. The van der Waals surface area contributed by atoms with Gasteiger partial charge in [0.1, 0.15) is 5.75 Å². The predicted molar refractivity (Wildman–Crippen MR) is 72.0 cm³/mol. The van der Waals surface area contributed by atoms with Crippen molar-refractivity contribution in [3.05, 3.63) is 57.9 Å². The van der Waals surface area contributed by atoms with Gasteiger partial charge in [0.05, 0.1) is 24.7 Å². The molecule has 0 aliphatic rings. The summed E-state index contributed by atoms with van der Waals surface area (Å²) in [6, 6.07) is 8.25. The molecule has 2 aromatic carbocycles. The minimum Gasteiger partial charge on any atom is -0.494 e. The van der Waals surface area contributed by atoms with Gasteiger partial charge in [-0.25, -0.2) is 4.39 Å². The molecule has 0 saturated carbocycles. The van der Waals surface area contributed by atoms with E-state index in [9.17, 15) is 14.5 Å². The van der Waals surface area contributed by atoms with Crippen LogP contribution in [0.15, 0.2) is 36.4 Å². The lowest BCUT2D eigenvalue weighted by atomic mass is 10.2. The lowest BCUT2D eigenvalue weighted by Crippen LogP contribution is -1.97. The van der Waals surface area contributed by atoms with E-state index in [0.717, 1.165) is 12.1 Å². The number of nitro groups is 1. The average Bonchev–Trinajstić information content (AvgIpc) is 2.48. The number of aliphatic hydroxyl groups is 1. The number of aliphatic hydroxyl groups excluding tert-OH is 1. The molecular weight excluding hydrogens is 281 g/mol. The Morgan fingerprint density at radius 1 is 1.29 bits per heavy atom. The highest BCUT2D eigenvalue weighted by molar-refractivity contribution is 5.53. The molecule has 0 unspecified atom stereocenters. The van der Waals surface area contributed by atoms with Crippen molar-refractivity contribution in [3.63, 3.8) is 0 Å². The van der Waals surface area contributed by atoms with Crippen molar-refractivity contribution in [2.45, 2.75) is 6.61 Å². The van der Waals surface area contributed by atoms with E-state index < -0.39 is 16.4 Å². The van der Waals surface area contributed by atoms with Gasteiger partial charge in [-0.05, 0) is 17.7 Å². The minimum absolute atomic E-state index is 0.145. The van der Waals surface area contributed by atoms with Crippen molar-refractivity contribution >= 4 is 5.69 Å². The molecule has 0 aliphatic heterocycles. The maximum absolute atomic E-state index is 13.5. The third kappa shape index (κ3) is 3.26. The topological polar surface area (TPSA) is 81.8 Å². The van der Waals surface area contributed by atoms with Gasteiger partial charge in [-0.1, -0.05) is 12.1 Å². The van der Waals surface area contributed by atoms with Gasteiger partial charge in [-0.3, -0.25) is 10.1 Å². The zero-order valence-electron chi connectivity index (χ0n) is 11.1. The quantitative estimate of drug-likeness (QED) is 0.677. The van der Waals surface area contributed by atoms with Crippen molar-refractivity contribution in [3.8, 4) is 17.2 Å². The van der Waals surface area contributed by atoms with Crippen LogP contribution < -0.4 is 9.47 Å². The molecule has 1 N–H and O–H groups in total. The van der Waals surface area contributed by atoms with Gasteiger partial charge in [-0.2, -0.15) is 0 Å². The molecular formula is C14H12FNO5. The summed E-state index contributed by atoms with van der Waals surface area (Å²) in [5.41, 5.74) is 0.0759. The number of methoxy groups -OCH3 is 1. The van der Waals surface area contributed by atoms with Gasteiger partial charge in [0, 0.05) is 6.07 Å². The highest BCUT2D eigenvalue weighted by Gasteiger charge is 2.21. The van der Waals surface area contributed by atoms with Crippen molar-refractivity contribution in [2.24, 2.45) is 0 Å². The summed E-state index contributed by atoms with van der Waals surface area (Å²) in [7, 11) is 1.25. The Kier molecular flexibility index (Phi) is 4.34. The molecule has 2 rings (SSSR count). The van der Waals surface area contributed by atoms with Crippen molar-refractivity contribution in [2.75, 3.05) is 7.11 Å². The van der Waals surface area contributed by atoms with Gasteiger partial charge in [-0.15, -0.1) is 0 Å². The van der Waals surface area contributed by atoms with E-state index in [1.54, 1.807) is 18.2 Å². The molecule has 0 amide bonds. The van der Waals surface area contributed by atoms with Gasteiger partial charge in [0.15, 0.2) is 11.6 Å². The van der Waals surface area contributed by atoms with E-state index in [-0.39, 0.29) is 18.1 Å². The van der Waals surface area contributed by atoms with Gasteiger partial charge in [0.2, 0.25) is 5.75 Å². The number of halogens is 1. The number of benzene rings is 2. The lowest BCUT2D eigenvalue weighted by Gasteiger charge is -2.09. The van der Waals surface area contributed by atoms with Gasteiger partial charge in [0.25, 0.3) is 0 Å². The fourth-order valence-corrected chi connectivity index (χ4v) is 1.74. The molecule has 7 heteroatoms. The second kappa shape index (κ2) is 6.19. The van der Waals surface area contributed by atoms with E-state index in [1.165, 1.54) is 13.2 Å². The Labute approximate surface area is 119 Å².